The molecule has 0 saturated heterocycles. The van der Waals surface area contributed by atoms with Crippen molar-refractivity contribution < 1.29 is 9.53 Å². The first-order valence-corrected chi connectivity index (χ1v) is 12.0. The molecule has 1 heterocycles. The summed E-state index contributed by atoms with van der Waals surface area (Å²) in [5.74, 6) is 1.65. The topological polar surface area (TPSA) is 92.8 Å². The summed E-state index contributed by atoms with van der Waals surface area (Å²) >= 11 is 1.33. The van der Waals surface area contributed by atoms with Gasteiger partial charge in [-0.15, -0.1) is 10.2 Å². The molecule has 1 unspecified atom stereocenters. The van der Waals surface area contributed by atoms with Crippen LogP contribution >= 0.6 is 11.8 Å². The van der Waals surface area contributed by atoms with Crippen LogP contribution in [0.4, 0.5) is 0 Å². The molecule has 4 rings (SSSR count). The van der Waals surface area contributed by atoms with Crippen LogP contribution in [0.25, 0.3) is 11.4 Å². The van der Waals surface area contributed by atoms with Crippen LogP contribution in [0.1, 0.15) is 25.3 Å². The van der Waals surface area contributed by atoms with Gasteiger partial charge in [0, 0.05) is 6.54 Å². The predicted octanol–water partition coefficient (Wildman–Crippen LogP) is 4.10. The lowest BCUT2D eigenvalue weighted by Gasteiger charge is -2.22. The summed E-state index contributed by atoms with van der Waals surface area (Å²) < 4.78 is 7.57. The Balaban J connectivity index is 1.54. The maximum atomic E-state index is 12.6. The average Bonchev–Trinajstić information content (AvgIpc) is 3.63. The van der Waals surface area contributed by atoms with E-state index in [1.54, 1.807) is 14.0 Å². The molecular weight excluding hydrogens is 434 g/mol. The molecule has 1 atom stereocenters. The largest absolute Gasteiger partial charge is 0.496 e. The van der Waals surface area contributed by atoms with Gasteiger partial charge in [-0.1, -0.05) is 54.2 Å². The molecule has 170 valence electrons. The summed E-state index contributed by atoms with van der Waals surface area (Å²) in [5, 5.41) is 21.9. The third kappa shape index (κ3) is 5.37. The molecule has 0 radical (unpaired) electrons. The van der Waals surface area contributed by atoms with Crippen molar-refractivity contribution in [2.24, 2.45) is 5.92 Å². The molecular formula is C25H27N5O2S. The Labute approximate surface area is 198 Å². The van der Waals surface area contributed by atoms with E-state index >= 15 is 0 Å². The van der Waals surface area contributed by atoms with E-state index in [4.69, 9.17) is 4.74 Å². The summed E-state index contributed by atoms with van der Waals surface area (Å²) in [6.07, 6.45) is 2.76. The Hall–Kier alpha value is -3.31. The first-order chi connectivity index (χ1) is 16.0. The summed E-state index contributed by atoms with van der Waals surface area (Å²) in [6.45, 7) is 2.46. The quantitative estimate of drug-likeness (QED) is 0.457. The van der Waals surface area contributed by atoms with Crippen LogP contribution in [0.2, 0.25) is 0 Å². The van der Waals surface area contributed by atoms with Crippen molar-refractivity contribution >= 4 is 17.7 Å². The fourth-order valence-electron chi connectivity index (χ4n) is 3.85. The minimum absolute atomic E-state index is 0.166. The third-order valence-corrected chi connectivity index (χ3v) is 6.86. The van der Waals surface area contributed by atoms with Gasteiger partial charge < -0.3 is 14.6 Å². The summed E-state index contributed by atoms with van der Waals surface area (Å²) in [4.78, 5) is 12.6. The van der Waals surface area contributed by atoms with Crippen molar-refractivity contribution in [1.29, 1.82) is 5.26 Å². The van der Waals surface area contributed by atoms with E-state index in [2.05, 4.69) is 33.7 Å². The lowest BCUT2D eigenvalue weighted by molar-refractivity contribution is -0.119. The number of benzene rings is 2. The van der Waals surface area contributed by atoms with E-state index in [9.17, 15) is 10.1 Å². The maximum Gasteiger partial charge on any atom is 0.231 e. The van der Waals surface area contributed by atoms with Gasteiger partial charge in [0.1, 0.15) is 11.3 Å². The molecule has 3 aromatic rings. The number of amides is 1. The molecule has 1 amide bonds. The van der Waals surface area contributed by atoms with Gasteiger partial charge >= 0.3 is 0 Å². The number of hydrogen-bond donors (Lipinski definition) is 1. The Morgan fingerprint density at radius 1 is 1.21 bits per heavy atom. The molecule has 1 saturated carbocycles. The molecule has 0 bridgehead atoms. The minimum Gasteiger partial charge on any atom is -0.496 e. The molecule has 8 heteroatoms. The summed E-state index contributed by atoms with van der Waals surface area (Å²) in [7, 11) is 1.63. The number of methoxy groups -OCH3 is 1. The number of aryl methyl sites for hydroxylation is 1. The molecule has 2 aromatic carbocycles. The lowest BCUT2D eigenvalue weighted by Crippen LogP contribution is -2.47. The Morgan fingerprint density at radius 2 is 1.94 bits per heavy atom. The van der Waals surface area contributed by atoms with Gasteiger partial charge in [-0.05, 0) is 49.8 Å². The zero-order valence-electron chi connectivity index (χ0n) is 18.8. The van der Waals surface area contributed by atoms with Gasteiger partial charge in [0.05, 0.1) is 24.5 Å². The smallest absolute Gasteiger partial charge is 0.231 e. The predicted molar refractivity (Wildman–Crippen MR) is 128 cm³/mol. The molecule has 1 aliphatic rings. The Bertz CT molecular complexity index is 1150. The molecule has 0 spiro atoms. The second-order valence-corrected chi connectivity index (χ2v) is 9.26. The molecule has 1 aromatic heterocycles. The van der Waals surface area contributed by atoms with Crippen LogP contribution < -0.4 is 10.1 Å². The van der Waals surface area contributed by atoms with Crippen molar-refractivity contribution in [2.45, 2.75) is 43.4 Å². The van der Waals surface area contributed by atoms with Crippen LogP contribution in [0.5, 0.6) is 5.75 Å². The van der Waals surface area contributed by atoms with E-state index in [0.29, 0.717) is 17.5 Å². The number of para-hydroxylation sites is 1. The number of aromatic nitrogens is 3. The Morgan fingerprint density at radius 3 is 2.64 bits per heavy atom. The van der Waals surface area contributed by atoms with Crippen LogP contribution in [0.3, 0.4) is 0 Å². The van der Waals surface area contributed by atoms with Crippen molar-refractivity contribution in [2.75, 3.05) is 12.9 Å². The van der Waals surface area contributed by atoms with E-state index in [-0.39, 0.29) is 17.6 Å². The number of ether oxygens (including phenoxy) is 1. The second kappa shape index (κ2) is 10.1. The summed E-state index contributed by atoms with van der Waals surface area (Å²) in [6, 6.07) is 20.2. The van der Waals surface area contributed by atoms with E-state index in [1.807, 2.05) is 47.0 Å². The molecule has 7 nitrogen and oxygen atoms in total. The van der Waals surface area contributed by atoms with E-state index in [0.717, 1.165) is 30.6 Å². The standard InChI is InChI=1S/C25H27N5O2S/c1-25(17-26,19-12-13-19)27-22(31)16-33-24-29-28-23(20-10-6-7-11-21(20)32-2)30(24)15-14-18-8-4-3-5-9-18/h3-11,19H,12-16H2,1-2H3,(H,27,31). The van der Waals surface area contributed by atoms with Gasteiger partial charge in [-0.3, -0.25) is 4.79 Å². The fraction of sp³-hybridized carbons (Fsp3) is 0.360. The van der Waals surface area contributed by atoms with Crippen LogP contribution in [-0.2, 0) is 17.8 Å². The number of rotatable bonds is 10. The normalized spacial score (nSPS) is 14.8. The number of hydrogen-bond acceptors (Lipinski definition) is 6. The third-order valence-electron chi connectivity index (χ3n) is 5.89. The van der Waals surface area contributed by atoms with Crippen LogP contribution in [0.15, 0.2) is 59.8 Å². The van der Waals surface area contributed by atoms with E-state index in [1.165, 1.54) is 17.3 Å². The van der Waals surface area contributed by atoms with E-state index < -0.39 is 5.54 Å². The highest BCUT2D eigenvalue weighted by Crippen LogP contribution is 2.39. The monoisotopic (exact) mass is 461 g/mol. The highest BCUT2D eigenvalue weighted by Gasteiger charge is 2.43. The number of nitrogens with one attached hydrogen (secondary N) is 1. The lowest BCUT2D eigenvalue weighted by atomic mass is 9.98. The van der Waals surface area contributed by atoms with Crippen molar-refractivity contribution in [3.63, 3.8) is 0 Å². The van der Waals surface area contributed by atoms with Crippen molar-refractivity contribution in [1.82, 2.24) is 20.1 Å². The Kier molecular flexibility index (Phi) is 6.99. The van der Waals surface area contributed by atoms with Gasteiger partial charge in [0.15, 0.2) is 11.0 Å². The second-order valence-electron chi connectivity index (χ2n) is 8.32. The van der Waals surface area contributed by atoms with Gasteiger partial charge in [0.25, 0.3) is 0 Å². The molecule has 1 aliphatic carbocycles. The molecule has 1 fully saturated rings. The van der Waals surface area contributed by atoms with Crippen molar-refractivity contribution in [3.05, 3.63) is 60.2 Å². The highest BCUT2D eigenvalue weighted by atomic mass is 32.2. The van der Waals surface area contributed by atoms with Crippen LogP contribution in [-0.4, -0.2) is 39.1 Å². The van der Waals surface area contributed by atoms with Crippen molar-refractivity contribution in [3.8, 4) is 23.2 Å². The first kappa shape index (κ1) is 22.9. The van der Waals surface area contributed by atoms with Gasteiger partial charge in [0.2, 0.25) is 5.91 Å². The minimum atomic E-state index is -0.804. The zero-order chi connectivity index (χ0) is 23.3. The fourth-order valence-corrected chi connectivity index (χ4v) is 4.61. The highest BCUT2D eigenvalue weighted by molar-refractivity contribution is 7.99. The average molecular weight is 462 g/mol. The molecule has 33 heavy (non-hydrogen) atoms. The first-order valence-electron chi connectivity index (χ1n) is 11.0. The number of thioether (sulfide) groups is 1. The number of nitrogens with zero attached hydrogens (tertiary/aromatic N) is 4. The molecule has 0 aliphatic heterocycles. The van der Waals surface area contributed by atoms with Gasteiger partial charge in [-0.2, -0.15) is 5.26 Å². The van der Waals surface area contributed by atoms with Crippen LogP contribution in [0, 0.1) is 17.2 Å². The maximum absolute atomic E-state index is 12.6. The SMILES string of the molecule is COc1ccccc1-c1nnc(SCC(=O)NC(C)(C#N)C2CC2)n1CCc1ccccc1. The number of nitriles is 1. The molecule has 1 N–H and O–H groups in total. The number of carbonyl (C=O) groups is 1. The zero-order valence-corrected chi connectivity index (χ0v) is 19.6. The number of carbonyl (C=O) groups excluding carboxylic acids is 1. The van der Waals surface area contributed by atoms with Gasteiger partial charge in [-0.25, -0.2) is 0 Å². The summed E-state index contributed by atoms with van der Waals surface area (Å²) in [5.41, 5.74) is 1.25.